The van der Waals surface area contributed by atoms with E-state index >= 15 is 0 Å². The van der Waals surface area contributed by atoms with Gasteiger partial charge in [-0.15, -0.1) is 0 Å². The van der Waals surface area contributed by atoms with E-state index in [1.807, 2.05) is 19.1 Å². The van der Waals surface area contributed by atoms with Crippen molar-refractivity contribution in [2.75, 3.05) is 11.9 Å². The van der Waals surface area contributed by atoms with Crippen LogP contribution in [0.3, 0.4) is 0 Å². The van der Waals surface area contributed by atoms with Crippen LogP contribution < -0.4 is 5.32 Å². The number of aliphatic hydroxyl groups excluding tert-OH is 1. The summed E-state index contributed by atoms with van der Waals surface area (Å²) in [5, 5.41) is 13.4. The van der Waals surface area contributed by atoms with Crippen molar-refractivity contribution in [2.45, 2.75) is 57.3 Å². The molecule has 1 aliphatic rings. The number of fused-ring (bicyclic) bond motifs is 1. The van der Waals surface area contributed by atoms with Crippen molar-refractivity contribution in [3.05, 3.63) is 42.2 Å². The molecule has 0 aliphatic heterocycles. The van der Waals surface area contributed by atoms with Crippen LogP contribution in [0.1, 0.15) is 43.7 Å². The van der Waals surface area contributed by atoms with Gasteiger partial charge in [0.05, 0.1) is 12.5 Å². The Hall–Kier alpha value is -2.61. The molecule has 1 aliphatic carbocycles. The number of halogens is 3. The van der Waals surface area contributed by atoms with Gasteiger partial charge in [-0.25, -0.2) is 4.98 Å². The van der Waals surface area contributed by atoms with E-state index in [4.69, 9.17) is 0 Å². The Morgan fingerprint density at radius 1 is 1.13 bits per heavy atom. The van der Waals surface area contributed by atoms with Gasteiger partial charge in [-0.2, -0.15) is 18.2 Å². The molecule has 0 radical (unpaired) electrons. The van der Waals surface area contributed by atoms with Crippen LogP contribution >= 0.6 is 0 Å². The van der Waals surface area contributed by atoms with Gasteiger partial charge in [0.25, 0.3) is 0 Å². The zero-order valence-electron chi connectivity index (χ0n) is 16.8. The van der Waals surface area contributed by atoms with Crippen LogP contribution in [0.4, 0.5) is 19.1 Å². The van der Waals surface area contributed by atoms with Crippen molar-refractivity contribution < 1.29 is 18.3 Å². The maximum atomic E-state index is 12.5. The van der Waals surface area contributed by atoms with Gasteiger partial charge in [0.15, 0.2) is 0 Å². The van der Waals surface area contributed by atoms with Crippen LogP contribution in [0.5, 0.6) is 0 Å². The molecular formula is C22H25F3N4O. The highest BCUT2D eigenvalue weighted by molar-refractivity contribution is 5.94. The molecule has 160 valence electrons. The summed E-state index contributed by atoms with van der Waals surface area (Å²) in [6.07, 6.45) is 1.43. The molecule has 8 heteroatoms. The zero-order valence-corrected chi connectivity index (χ0v) is 16.8. The first-order valence-electron chi connectivity index (χ1n) is 10.2. The number of alkyl halides is 3. The second kappa shape index (κ2) is 8.26. The van der Waals surface area contributed by atoms with Crippen LogP contribution in [0, 0.1) is 6.92 Å². The molecule has 2 N–H and O–H groups in total. The van der Waals surface area contributed by atoms with Crippen molar-refractivity contribution in [1.29, 1.82) is 0 Å². The molecule has 1 aromatic carbocycles. The maximum absolute atomic E-state index is 12.5. The van der Waals surface area contributed by atoms with E-state index in [1.165, 1.54) is 0 Å². The Morgan fingerprint density at radius 2 is 1.83 bits per heavy atom. The predicted molar refractivity (Wildman–Crippen MR) is 110 cm³/mol. The largest absolute Gasteiger partial charge is 0.393 e. The van der Waals surface area contributed by atoms with Crippen molar-refractivity contribution in [1.82, 2.24) is 14.5 Å². The molecule has 1 fully saturated rings. The number of aromatic nitrogens is 3. The normalized spacial score (nSPS) is 19.9. The Bertz CT molecular complexity index is 1010. The van der Waals surface area contributed by atoms with Crippen LogP contribution in [-0.4, -0.2) is 38.5 Å². The molecule has 0 spiro atoms. The fraction of sp³-hybridized carbons (Fsp3) is 0.455. The summed E-state index contributed by atoms with van der Waals surface area (Å²) in [6.45, 7) is 1.76. The summed E-state index contributed by atoms with van der Waals surface area (Å²) >= 11 is 0. The summed E-state index contributed by atoms with van der Waals surface area (Å²) in [4.78, 5) is 8.82. The van der Waals surface area contributed by atoms with E-state index in [-0.39, 0.29) is 24.6 Å². The molecule has 30 heavy (non-hydrogen) atoms. The number of benzene rings is 1. The zero-order chi connectivity index (χ0) is 21.3. The minimum absolute atomic E-state index is 0.188. The number of rotatable bonds is 5. The van der Waals surface area contributed by atoms with Crippen LogP contribution in [0.15, 0.2) is 36.7 Å². The summed E-state index contributed by atoms with van der Waals surface area (Å²) in [7, 11) is 0. The average Bonchev–Trinajstić information content (AvgIpc) is 3.07. The number of hydrogen-bond acceptors (Lipinski definition) is 4. The van der Waals surface area contributed by atoms with E-state index in [2.05, 4.69) is 38.2 Å². The van der Waals surface area contributed by atoms with Gasteiger partial charge >= 0.3 is 6.18 Å². The summed E-state index contributed by atoms with van der Waals surface area (Å²) in [5.41, 5.74) is 3.91. The van der Waals surface area contributed by atoms with Crippen LogP contribution in [0.25, 0.3) is 22.2 Å². The van der Waals surface area contributed by atoms with Crippen molar-refractivity contribution in [2.24, 2.45) is 0 Å². The van der Waals surface area contributed by atoms with Gasteiger partial charge < -0.3 is 15.0 Å². The summed E-state index contributed by atoms with van der Waals surface area (Å²) in [5.74, 6) is 0.192. The maximum Gasteiger partial charge on any atom is 0.390 e. The molecule has 4 rings (SSSR count). The van der Waals surface area contributed by atoms with Gasteiger partial charge in [0.1, 0.15) is 5.65 Å². The van der Waals surface area contributed by atoms with Gasteiger partial charge in [-0.1, -0.05) is 29.8 Å². The predicted octanol–water partition coefficient (Wildman–Crippen LogP) is 5.25. The van der Waals surface area contributed by atoms with E-state index < -0.39 is 12.6 Å². The molecule has 0 bridgehead atoms. The lowest BCUT2D eigenvalue weighted by molar-refractivity contribution is -0.131. The monoisotopic (exact) mass is 418 g/mol. The highest BCUT2D eigenvalue weighted by Gasteiger charge is 2.27. The first-order chi connectivity index (χ1) is 14.3. The molecule has 2 heterocycles. The minimum atomic E-state index is -4.22. The second-order valence-electron chi connectivity index (χ2n) is 8.00. The third-order valence-corrected chi connectivity index (χ3v) is 5.69. The third kappa shape index (κ3) is 4.59. The fourth-order valence-electron chi connectivity index (χ4n) is 4.01. The van der Waals surface area contributed by atoms with Gasteiger partial charge in [-0.05, 0) is 38.2 Å². The molecule has 0 atom stereocenters. The highest BCUT2D eigenvalue weighted by atomic mass is 19.4. The number of nitrogens with one attached hydrogen (secondary N) is 1. The van der Waals surface area contributed by atoms with Gasteiger partial charge in [0, 0.05) is 35.9 Å². The molecule has 0 saturated heterocycles. The molecule has 0 amide bonds. The smallest absolute Gasteiger partial charge is 0.390 e. The van der Waals surface area contributed by atoms with E-state index in [9.17, 15) is 18.3 Å². The lowest BCUT2D eigenvalue weighted by atomic mass is 9.93. The summed E-state index contributed by atoms with van der Waals surface area (Å²) < 4.78 is 39.5. The van der Waals surface area contributed by atoms with E-state index in [0.717, 1.165) is 47.8 Å². The van der Waals surface area contributed by atoms with Crippen molar-refractivity contribution >= 4 is 17.0 Å². The SMILES string of the molecule is Cc1ccc(-c2cn(C3CCC(O)CC3)c3nc(NCCC(F)(F)F)ncc23)cc1. The topological polar surface area (TPSA) is 63.0 Å². The van der Waals surface area contributed by atoms with Crippen molar-refractivity contribution in [3.63, 3.8) is 0 Å². The van der Waals surface area contributed by atoms with Crippen LogP contribution in [-0.2, 0) is 0 Å². The quantitative estimate of drug-likeness (QED) is 0.594. The molecule has 3 aromatic rings. The Labute approximate surface area is 173 Å². The number of hydrogen-bond donors (Lipinski definition) is 2. The van der Waals surface area contributed by atoms with Crippen LogP contribution in [0.2, 0.25) is 0 Å². The molecule has 5 nitrogen and oxygen atoms in total. The third-order valence-electron chi connectivity index (χ3n) is 5.69. The number of aryl methyl sites for hydroxylation is 1. The Kier molecular flexibility index (Phi) is 5.69. The molecule has 1 saturated carbocycles. The first-order valence-corrected chi connectivity index (χ1v) is 10.2. The standard InChI is InChI=1S/C22H25F3N4O/c1-14-2-4-15(5-3-14)19-13-29(16-6-8-17(30)9-7-16)20-18(19)12-27-21(28-20)26-11-10-22(23,24)25/h2-5,12-13,16-17,30H,6-11H2,1H3,(H,26,27,28). The Morgan fingerprint density at radius 3 is 2.50 bits per heavy atom. The van der Waals surface area contributed by atoms with E-state index in [0.29, 0.717) is 5.65 Å². The molecule has 0 unspecified atom stereocenters. The minimum Gasteiger partial charge on any atom is -0.393 e. The number of nitrogens with zero attached hydrogens (tertiary/aromatic N) is 3. The number of aliphatic hydroxyl groups is 1. The van der Waals surface area contributed by atoms with Gasteiger partial charge in [-0.3, -0.25) is 0 Å². The van der Waals surface area contributed by atoms with E-state index in [1.54, 1.807) is 6.20 Å². The average molecular weight is 418 g/mol. The van der Waals surface area contributed by atoms with Gasteiger partial charge in [0.2, 0.25) is 5.95 Å². The molecule has 2 aromatic heterocycles. The summed E-state index contributed by atoms with van der Waals surface area (Å²) in [6, 6.07) is 8.38. The number of anilines is 1. The lowest BCUT2D eigenvalue weighted by Gasteiger charge is -2.27. The fourth-order valence-corrected chi connectivity index (χ4v) is 4.01. The second-order valence-corrected chi connectivity index (χ2v) is 8.00. The Balaban J connectivity index is 1.71. The highest BCUT2D eigenvalue weighted by Crippen LogP contribution is 2.36. The van der Waals surface area contributed by atoms with Crippen molar-refractivity contribution in [3.8, 4) is 11.1 Å². The molecular weight excluding hydrogens is 393 g/mol. The lowest BCUT2D eigenvalue weighted by Crippen LogP contribution is -2.21. The first kappa shape index (κ1) is 20.7.